The van der Waals surface area contributed by atoms with Crippen LogP contribution in [0.3, 0.4) is 0 Å². The summed E-state index contributed by atoms with van der Waals surface area (Å²) in [6.45, 7) is 2.69. The zero-order valence-electron chi connectivity index (χ0n) is 10.6. The van der Waals surface area contributed by atoms with E-state index in [9.17, 15) is 13.6 Å². The van der Waals surface area contributed by atoms with E-state index in [1.165, 1.54) is 18.9 Å². The fourth-order valence-electron chi connectivity index (χ4n) is 2.59. The molecule has 2 fully saturated rings. The van der Waals surface area contributed by atoms with Gasteiger partial charge in [-0.05, 0) is 25.0 Å². The molecule has 0 N–H and O–H groups in total. The van der Waals surface area contributed by atoms with Gasteiger partial charge < -0.3 is 4.90 Å². The Kier molecular flexibility index (Phi) is 3.22. The Morgan fingerprint density at radius 1 is 1.05 bits per heavy atom. The van der Waals surface area contributed by atoms with Gasteiger partial charge in [0.2, 0.25) is 0 Å². The number of halogens is 2. The molecule has 0 aromatic heterocycles. The lowest BCUT2D eigenvalue weighted by Crippen LogP contribution is -2.49. The quantitative estimate of drug-likeness (QED) is 0.816. The normalized spacial score (nSPS) is 20.6. The van der Waals surface area contributed by atoms with Crippen LogP contribution in [0.5, 0.6) is 0 Å². The number of piperazine rings is 1. The van der Waals surface area contributed by atoms with Gasteiger partial charge >= 0.3 is 0 Å². The van der Waals surface area contributed by atoms with Crippen LogP contribution in [-0.4, -0.2) is 47.9 Å². The molecule has 1 aromatic carbocycles. The molecular weight excluding hydrogens is 250 g/mol. The molecule has 0 radical (unpaired) electrons. The van der Waals surface area contributed by atoms with Gasteiger partial charge in [0.15, 0.2) is 0 Å². The van der Waals surface area contributed by atoms with Crippen LogP contribution in [-0.2, 0) is 0 Å². The molecule has 1 saturated heterocycles. The Balaban J connectivity index is 1.70. The van der Waals surface area contributed by atoms with Crippen molar-refractivity contribution < 1.29 is 13.6 Å². The summed E-state index contributed by atoms with van der Waals surface area (Å²) in [4.78, 5) is 16.1. The molecule has 0 bridgehead atoms. The zero-order chi connectivity index (χ0) is 13.4. The van der Waals surface area contributed by atoms with E-state index >= 15 is 0 Å². The highest BCUT2D eigenvalue weighted by molar-refractivity contribution is 5.94. The Labute approximate surface area is 110 Å². The summed E-state index contributed by atoms with van der Waals surface area (Å²) in [7, 11) is 0. The van der Waals surface area contributed by atoms with Gasteiger partial charge in [0.05, 0.1) is 0 Å². The Hall–Kier alpha value is -1.49. The molecule has 0 atom stereocenters. The molecule has 0 spiro atoms. The second-order valence-electron chi connectivity index (χ2n) is 5.16. The molecular formula is C14H16F2N2O. The number of carbonyl (C=O) groups excluding carboxylic acids is 1. The Morgan fingerprint density at radius 3 is 2.16 bits per heavy atom. The number of carbonyl (C=O) groups is 1. The molecule has 1 saturated carbocycles. The average molecular weight is 266 g/mol. The predicted octanol–water partition coefficient (Wildman–Crippen LogP) is 1.89. The summed E-state index contributed by atoms with van der Waals surface area (Å²) < 4.78 is 27.1. The molecule has 102 valence electrons. The van der Waals surface area contributed by atoms with Gasteiger partial charge in [-0.3, -0.25) is 9.69 Å². The third-order valence-electron chi connectivity index (χ3n) is 3.84. The van der Waals surface area contributed by atoms with Gasteiger partial charge in [-0.15, -0.1) is 0 Å². The van der Waals surface area contributed by atoms with E-state index in [0.29, 0.717) is 19.1 Å². The van der Waals surface area contributed by atoms with Crippen LogP contribution in [0.25, 0.3) is 0 Å². The maximum Gasteiger partial charge on any atom is 0.259 e. The van der Waals surface area contributed by atoms with Crippen molar-refractivity contribution in [1.82, 2.24) is 9.80 Å². The lowest BCUT2D eigenvalue weighted by Gasteiger charge is -2.34. The Morgan fingerprint density at radius 2 is 1.63 bits per heavy atom. The number of rotatable bonds is 2. The van der Waals surface area contributed by atoms with Gasteiger partial charge in [0.1, 0.15) is 17.2 Å². The number of amides is 1. The minimum absolute atomic E-state index is 0.428. The summed E-state index contributed by atoms with van der Waals surface area (Å²) in [6.07, 6.45) is 2.46. The van der Waals surface area contributed by atoms with Crippen molar-refractivity contribution in [2.24, 2.45) is 0 Å². The van der Waals surface area contributed by atoms with Crippen LogP contribution >= 0.6 is 0 Å². The largest absolute Gasteiger partial charge is 0.336 e. The van der Waals surface area contributed by atoms with Crippen molar-refractivity contribution in [2.45, 2.75) is 18.9 Å². The number of hydrogen-bond acceptors (Lipinski definition) is 2. The van der Waals surface area contributed by atoms with E-state index in [1.807, 2.05) is 0 Å². The smallest absolute Gasteiger partial charge is 0.259 e. The molecule has 5 heteroatoms. The highest BCUT2D eigenvalue weighted by atomic mass is 19.1. The van der Waals surface area contributed by atoms with Gasteiger partial charge in [0.25, 0.3) is 5.91 Å². The second kappa shape index (κ2) is 4.89. The van der Waals surface area contributed by atoms with Crippen molar-refractivity contribution in [3.05, 3.63) is 35.4 Å². The number of hydrogen-bond donors (Lipinski definition) is 0. The van der Waals surface area contributed by atoms with Crippen molar-refractivity contribution >= 4 is 5.91 Å². The maximum absolute atomic E-state index is 13.6. The summed E-state index contributed by atoms with van der Waals surface area (Å²) in [5, 5.41) is 0. The minimum Gasteiger partial charge on any atom is -0.336 e. The first-order valence-corrected chi connectivity index (χ1v) is 6.64. The van der Waals surface area contributed by atoms with E-state index in [-0.39, 0.29) is 0 Å². The number of nitrogens with zero attached hydrogens (tertiary/aromatic N) is 2. The first-order valence-electron chi connectivity index (χ1n) is 6.64. The van der Waals surface area contributed by atoms with Gasteiger partial charge in [-0.25, -0.2) is 8.78 Å². The van der Waals surface area contributed by atoms with Crippen LogP contribution in [0.4, 0.5) is 8.78 Å². The van der Waals surface area contributed by atoms with Crippen molar-refractivity contribution in [3.8, 4) is 0 Å². The van der Waals surface area contributed by atoms with Gasteiger partial charge in [-0.1, -0.05) is 6.07 Å². The predicted molar refractivity (Wildman–Crippen MR) is 66.9 cm³/mol. The van der Waals surface area contributed by atoms with Crippen molar-refractivity contribution in [2.75, 3.05) is 26.2 Å². The van der Waals surface area contributed by atoms with Crippen LogP contribution in [0.2, 0.25) is 0 Å². The van der Waals surface area contributed by atoms with E-state index in [4.69, 9.17) is 0 Å². The van der Waals surface area contributed by atoms with Crippen LogP contribution in [0.1, 0.15) is 23.2 Å². The van der Waals surface area contributed by atoms with Crippen molar-refractivity contribution in [1.29, 1.82) is 0 Å². The Bertz CT molecular complexity index is 474. The summed E-state index contributed by atoms with van der Waals surface area (Å²) in [6, 6.07) is 4.18. The van der Waals surface area contributed by atoms with Gasteiger partial charge in [0, 0.05) is 32.2 Å². The first kappa shape index (κ1) is 12.5. The fourth-order valence-corrected chi connectivity index (χ4v) is 2.59. The maximum atomic E-state index is 13.6. The molecule has 1 amide bonds. The molecule has 3 nitrogen and oxygen atoms in total. The standard InChI is InChI=1S/C14H16F2N2O/c15-11-2-1-3-12(16)13(11)14(19)18-8-6-17(7-9-18)10-4-5-10/h1-3,10H,4-9H2. The minimum atomic E-state index is -0.783. The molecule has 1 aliphatic heterocycles. The average Bonchev–Trinajstić information content (AvgIpc) is 3.23. The third kappa shape index (κ3) is 2.47. The van der Waals surface area contributed by atoms with E-state index < -0.39 is 23.1 Å². The van der Waals surface area contributed by atoms with Crippen LogP contribution in [0, 0.1) is 11.6 Å². The lowest BCUT2D eigenvalue weighted by atomic mass is 10.1. The molecule has 0 unspecified atom stereocenters. The molecule has 19 heavy (non-hydrogen) atoms. The van der Waals surface area contributed by atoms with Crippen LogP contribution < -0.4 is 0 Å². The molecule has 1 heterocycles. The first-order chi connectivity index (χ1) is 9.16. The summed E-state index contributed by atoms with van der Waals surface area (Å²) in [5.41, 5.74) is -0.428. The van der Waals surface area contributed by atoms with Gasteiger partial charge in [-0.2, -0.15) is 0 Å². The fraction of sp³-hybridized carbons (Fsp3) is 0.500. The monoisotopic (exact) mass is 266 g/mol. The summed E-state index contributed by atoms with van der Waals surface area (Å²) >= 11 is 0. The molecule has 1 aliphatic carbocycles. The number of benzene rings is 1. The van der Waals surface area contributed by atoms with Crippen molar-refractivity contribution in [3.63, 3.8) is 0 Å². The molecule has 3 rings (SSSR count). The SMILES string of the molecule is O=C(c1c(F)cccc1F)N1CCN(C2CC2)CC1. The van der Waals surface area contributed by atoms with E-state index in [2.05, 4.69) is 4.90 Å². The third-order valence-corrected chi connectivity index (χ3v) is 3.84. The zero-order valence-corrected chi connectivity index (χ0v) is 10.6. The highest BCUT2D eigenvalue weighted by Crippen LogP contribution is 2.27. The van der Waals surface area contributed by atoms with Crippen LogP contribution in [0.15, 0.2) is 18.2 Å². The molecule has 2 aliphatic rings. The van der Waals surface area contributed by atoms with E-state index in [0.717, 1.165) is 25.2 Å². The summed E-state index contributed by atoms with van der Waals surface area (Å²) in [5.74, 6) is -2.10. The second-order valence-corrected chi connectivity index (χ2v) is 5.16. The molecule has 1 aromatic rings. The topological polar surface area (TPSA) is 23.6 Å². The highest BCUT2D eigenvalue weighted by Gasteiger charge is 2.33. The van der Waals surface area contributed by atoms with E-state index in [1.54, 1.807) is 4.90 Å². The lowest BCUT2D eigenvalue weighted by molar-refractivity contribution is 0.0618.